The number of likely N-dealkylation sites (N-methyl/N-ethyl adjacent to an activating group) is 1. The fourth-order valence-electron chi connectivity index (χ4n) is 2.10. The largest absolute Gasteiger partial charge is 0.305 e. The number of piperidine rings is 1. The molecule has 2 N–H and O–H groups in total. The number of hydrogen-bond donors (Lipinski definition) is 2. The monoisotopic (exact) mass is 155 g/mol. The third-order valence-corrected chi connectivity index (χ3v) is 2.85. The lowest BCUT2D eigenvalue weighted by Crippen LogP contribution is -2.58. The number of nitrogens with zero attached hydrogens (tertiary/aromatic N) is 1. The Labute approximate surface area is 68.1 Å². The number of rotatable bonds is 0. The summed E-state index contributed by atoms with van der Waals surface area (Å²) < 4.78 is 0. The molecule has 0 amide bonds. The Kier molecular flexibility index (Phi) is 2.11. The van der Waals surface area contributed by atoms with Crippen molar-refractivity contribution >= 4 is 0 Å². The Balaban J connectivity index is 1.93. The van der Waals surface area contributed by atoms with Crippen LogP contribution >= 0.6 is 0 Å². The van der Waals surface area contributed by atoms with Crippen LogP contribution in [0.3, 0.4) is 0 Å². The molecule has 0 radical (unpaired) electrons. The van der Waals surface area contributed by atoms with E-state index < -0.39 is 0 Å². The van der Waals surface area contributed by atoms with E-state index in [0.717, 1.165) is 18.6 Å². The molecule has 0 saturated carbocycles. The SMILES string of the molecule is CN1CCC2CNCNC2C1. The highest BCUT2D eigenvalue weighted by Gasteiger charge is 2.28. The Bertz CT molecular complexity index is 137. The molecule has 11 heavy (non-hydrogen) atoms. The molecule has 64 valence electrons. The van der Waals surface area contributed by atoms with Gasteiger partial charge in [-0.1, -0.05) is 0 Å². The molecule has 2 heterocycles. The zero-order valence-electron chi connectivity index (χ0n) is 7.14. The summed E-state index contributed by atoms with van der Waals surface area (Å²) in [5.74, 6) is 0.875. The van der Waals surface area contributed by atoms with Crippen LogP contribution in [0.5, 0.6) is 0 Å². The minimum Gasteiger partial charge on any atom is -0.305 e. The van der Waals surface area contributed by atoms with Gasteiger partial charge < -0.3 is 15.5 Å². The van der Waals surface area contributed by atoms with Crippen molar-refractivity contribution in [1.82, 2.24) is 15.5 Å². The van der Waals surface area contributed by atoms with Crippen LogP contribution in [0, 0.1) is 5.92 Å². The van der Waals surface area contributed by atoms with E-state index in [1.54, 1.807) is 0 Å². The Morgan fingerprint density at radius 2 is 2.36 bits per heavy atom. The Morgan fingerprint density at radius 1 is 1.45 bits per heavy atom. The van der Waals surface area contributed by atoms with Gasteiger partial charge in [0.2, 0.25) is 0 Å². The second-order valence-electron chi connectivity index (χ2n) is 3.75. The van der Waals surface area contributed by atoms with Crippen molar-refractivity contribution in [3.8, 4) is 0 Å². The highest BCUT2D eigenvalue weighted by Crippen LogP contribution is 2.17. The van der Waals surface area contributed by atoms with Gasteiger partial charge in [0.15, 0.2) is 0 Å². The highest BCUT2D eigenvalue weighted by molar-refractivity contribution is 4.87. The molecule has 2 unspecified atom stereocenters. The molecule has 3 nitrogen and oxygen atoms in total. The molecule has 0 aromatic carbocycles. The molecule has 0 aromatic heterocycles. The van der Waals surface area contributed by atoms with Crippen LogP contribution in [0.15, 0.2) is 0 Å². The molecule has 2 saturated heterocycles. The summed E-state index contributed by atoms with van der Waals surface area (Å²) in [5.41, 5.74) is 0. The predicted molar refractivity (Wildman–Crippen MR) is 45.4 cm³/mol. The summed E-state index contributed by atoms with van der Waals surface area (Å²) in [7, 11) is 2.21. The van der Waals surface area contributed by atoms with E-state index in [-0.39, 0.29) is 0 Å². The first-order valence-corrected chi connectivity index (χ1v) is 4.49. The van der Waals surface area contributed by atoms with Gasteiger partial charge in [0.25, 0.3) is 0 Å². The molecule has 2 fully saturated rings. The maximum atomic E-state index is 3.50. The molecule has 0 aliphatic carbocycles. The van der Waals surface area contributed by atoms with Gasteiger partial charge >= 0.3 is 0 Å². The zero-order chi connectivity index (χ0) is 7.68. The standard InChI is InChI=1S/C8H17N3/c1-11-3-2-7-4-9-6-10-8(7)5-11/h7-10H,2-6H2,1H3. The lowest BCUT2D eigenvalue weighted by atomic mass is 9.91. The van der Waals surface area contributed by atoms with Crippen molar-refractivity contribution in [2.75, 3.05) is 33.4 Å². The molecule has 2 atom stereocenters. The van der Waals surface area contributed by atoms with E-state index in [0.29, 0.717) is 0 Å². The second kappa shape index (κ2) is 3.09. The second-order valence-corrected chi connectivity index (χ2v) is 3.75. The van der Waals surface area contributed by atoms with Crippen LogP contribution in [-0.2, 0) is 0 Å². The zero-order valence-corrected chi connectivity index (χ0v) is 7.14. The lowest BCUT2D eigenvalue weighted by molar-refractivity contribution is 0.140. The molecule has 2 aliphatic heterocycles. The quantitative estimate of drug-likeness (QED) is 0.492. The van der Waals surface area contributed by atoms with E-state index in [2.05, 4.69) is 22.6 Å². The molecule has 0 spiro atoms. The first-order valence-electron chi connectivity index (χ1n) is 4.49. The van der Waals surface area contributed by atoms with Crippen molar-refractivity contribution < 1.29 is 0 Å². The first kappa shape index (κ1) is 7.53. The van der Waals surface area contributed by atoms with E-state index in [1.807, 2.05) is 0 Å². The van der Waals surface area contributed by atoms with Crippen molar-refractivity contribution in [2.45, 2.75) is 12.5 Å². The summed E-state index contributed by atoms with van der Waals surface area (Å²) in [6, 6.07) is 0.745. The molecular weight excluding hydrogens is 138 g/mol. The van der Waals surface area contributed by atoms with Gasteiger partial charge in [-0.25, -0.2) is 0 Å². The van der Waals surface area contributed by atoms with Gasteiger partial charge in [-0.2, -0.15) is 0 Å². The summed E-state index contributed by atoms with van der Waals surface area (Å²) in [6.07, 6.45) is 1.35. The third-order valence-electron chi connectivity index (χ3n) is 2.85. The van der Waals surface area contributed by atoms with E-state index in [4.69, 9.17) is 0 Å². The number of fused-ring (bicyclic) bond motifs is 1. The van der Waals surface area contributed by atoms with Gasteiger partial charge in [-0.05, 0) is 25.9 Å². The summed E-state index contributed by atoms with van der Waals surface area (Å²) >= 11 is 0. The fraction of sp³-hybridized carbons (Fsp3) is 1.00. The molecule has 0 aromatic rings. The van der Waals surface area contributed by atoms with Gasteiger partial charge in [-0.3, -0.25) is 0 Å². The van der Waals surface area contributed by atoms with Crippen LogP contribution in [0.25, 0.3) is 0 Å². The van der Waals surface area contributed by atoms with Crippen molar-refractivity contribution in [1.29, 1.82) is 0 Å². The van der Waals surface area contributed by atoms with Crippen LogP contribution in [0.2, 0.25) is 0 Å². The number of likely N-dealkylation sites (tertiary alicyclic amines) is 1. The maximum Gasteiger partial charge on any atom is 0.0457 e. The average molecular weight is 155 g/mol. The third kappa shape index (κ3) is 1.55. The van der Waals surface area contributed by atoms with E-state index >= 15 is 0 Å². The van der Waals surface area contributed by atoms with E-state index in [9.17, 15) is 0 Å². The smallest absolute Gasteiger partial charge is 0.0457 e. The molecule has 2 aliphatic rings. The summed E-state index contributed by atoms with van der Waals surface area (Å²) in [5, 5.41) is 6.87. The average Bonchev–Trinajstić information content (AvgIpc) is 2.04. The topological polar surface area (TPSA) is 27.3 Å². The van der Waals surface area contributed by atoms with Crippen molar-refractivity contribution in [2.24, 2.45) is 5.92 Å². The van der Waals surface area contributed by atoms with Crippen molar-refractivity contribution in [3.63, 3.8) is 0 Å². The normalized spacial score (nSPS) is 40.1. The van der Waals surface area contributed by atoms with Gasteiger partial charge in [0.05, 0.1) is 0 Å². The molecule has 2 rings (SSSR count). The van der Waals surface area contributed by atoms with Crippen LogP contribution in [0.4, 0.5) is 0 Å². The van der Waals surface area contributed by atoms with Crippen molar-refractivity contribution in [3.05, 3.63) is 0 Å². The molecular formula is C8H17N3. The molecule has 3 heteroatoms. The summed E-state index contributed by atoms with van der Waals surface area (Å²) in [6.45, 7) is 4.71. The van der Waals surface area contributed by atoms with E-state index in [1.165, 1.54) is 26.1 Å². The van der Waals surface area contributed by atoms with Gasteiger partial charge in [-0.15, -0.1) is 0 Å². The van der Waals surface area contributed by atoms with Gasteiger partial charge in [0.1, 0.15) is 0 Å². The van der Waals surface area contributed by atoms with Gasteiger partial charge in [0, 0.05) is 25.8 Å². The summed E-state index contributed by atoms with van der Waals surface area (Å²) in [4.78, 5) is 2.42. The Morgan fingerprint density at radius 3 is 3.27 bits per heavy atom. The predicted octanol–water partition coefficient (Wildman–Crippen LogP) is -0.543. The number of hydrogen-bond acceptors (Lipinski definition) is 3. The highest BCUT2D eigenvalue weighted by atomic mass is 15.2. The van der Waals surface area contributed by atoms with Crippen LogP contribution in [0.1, 0.15) is 6.42 Å². The minimum atomic E-state index is 0.745. The first-order chi connectivity index (χ1) is 5.36. The Hall–Kier alpha value is -0.120. The lowest BCUT2D eigenvalue weighted by Gasteiger charge is -2.40. The minimum absolute atomic E-state index is 0.745. The maximum absolute atomic E-state index is 3.50. The molecule has 0 bridgehead atoms. The van der Waals surface area contributed by atoms with Crippen LogP contribution < -0.4 is 10.6 Å². The van der Waals surface area contributed by atoms with Crippen LogP contribution in [-0.4, -0.2) is 44.3 Å². The number of nitrogens with one attached hydrogen (secondary N) is 2. The fourth-order valence-corrected chi connectivity index (χ4v) is 2.10.